The number of nitrogens with zero attached hydrogens (tertiary/aromatic N) is 3. The number of hydrogen-bond acceptors (Lipinski definition) is 6. The molecule has 0 spiro atoms. The summed E-state index contributed by atoms with van der Waals surface area (Å²) >= 11 is 0. The van der Waals surface area contributed by atoms with Gasteiger partial charge in [-0.05, 0) is 32.4 Å². The Morgan fingerprint density at radius 3 is 2.73 bits per heavy atom. The van der Waals surface area contributed by atoms with Gasteiger partial charge in [0.1, 0.15) is 23.5 Å². The summed E-state index contributed by atoms with van der Waals surface area (Å²) in [5, 5.41) is 13.1. The summed E-state index contributed by atoms with van der Waals surface area (Å²) in [7, 11) is 0. The van der Waals surface area contributed by atoms with Crippen LogP contribution in [0.1, 0.15) is 29.5 Å². The highest BCUT2D eigenvalue weighted by atomic mass is 16.4. The third-order valence-corrected chi connectivity index (χ3v) is 4.28. The van der Waals surface area contributed by atoms with Crippen molar-refractivity contribution in [1.82, 2.24) is 9.97 Å². The highest BCUT2D eigenvalue weighted by Crippen LogP contribution is 2.28. The fraction of sp³-hybridized carbons (Fsp3) is 0.316. The van der Waals surface area contributed by atoms with Gasteiger partial charge in [0.2, 0.25) is 5.71 Å². The van der Waals surface area contributed by atoms with Gasteiger partial charge in [0.05, 0.1) is 5.39 Å². The first kappa shape index (κ1) is 17.7. The molecule has 2 N–H and O–H groups in total. The zero-order valence-electron chi connectivity index (χ0n) is 14.9. The first-order chi connectivity index (χ1) is 12.6. The molecule has 0 atom stereocenters. The minimum absolute atomic E-state index is 0.113. The quantitative estimate of drug-likeness (QED) is 0.598. The third-order valence-electron chi connectivity index (χ3n) is 4.28. The number of carboxylic acids is 1. The molecular weight excluding hydrogens is 332 g/mol. The number of benzene rings is 1. The van der Waals surface area contributed by atoms with E-state index < -0.39 is 5.97 Å². The molecule has 3 aromatic rings. The van der Waals surface area contributed by atoms with Crippen LogP contribution >= 0.6 is 0 Å². The van der Waals surface area contributed by atoms with Gasteiger partial charge in [-0.1, -0.05) is 18.2 Å². The van der Waals surface area contributed by atoms with E-state index in [9.17, 15) is 9.90 Å². The Balaban J connectivity index is 1.68. The molecule has 0 aliphatic heterocycles. The maximum Gasteiger partial charge on any atom is 0.340 e. The van der Waals surface area contributed by atoms with E-state index in [0.29, 0.717) is 23.5 Å². The number of carboxylic acid groups (broad SMARTS) is 1. The van der Waals surface area contributed by atoms with Gasteiger partial charge in [-0.15, -0.1) is 0 Å². The number of para-hydroxylation sites is 1. The van der Waals surface area contributed by atoms with Gasteiger partial charge < -0.3 is 19.7 Å². The fourth-order valence-corrected chi connectivity index (χ4v) is 3.02. The smallest absolute Gasteiger partial charge is 0.340 e. The second-order valence-corrected chi connectivity index (χ2v) is 5.94. The Bertz CT molecular complexity index is 892. The van der Waals surface area contributed by atoms with Crippen LogP contribution in [0.5, 0.6) is 0 Å². The van der Waals surface area contributed by atoms with Crippen molar-refractivity contribution in [2.45, 2.75) is 20.3 Å². The maximum atomic E-state index is 11.5. The van der Waals surface area contributed by atoms with Crippen molar-refractivity contribution in [2.75, 3.05) is 29.9 Å². The predicted octanol–water partition coefficient (Wildman–Crippen LogP) is 3.56. The van der Waals surface area contributed by atoms with Crippen LogP contribution in [0, 0.1) is 6.92 Å². The summed E-state index contributed by atoms with van der Waals surface area (Å²) in [6.07, 6.45) is 2.26. The predicted molar refractivity (Wildman–Crippen MR) is 101 cm³/mol. The summed E-state index contributed by atoms with van der Waals surface area (Å²) in [4.78, 5) is 22.0. The lowest BCUT2D eigenvalue weighted by Crippen LogP contribution is -2.25. The second-order valence-electron chi connectivity index (χ2n) is 5.94. The minimum Gasteiger partial charge on any atom is -0.478 e. The third kappa shape index (κ3) is 3.61. The summed E-state index contributed by atoms with van der Waals surface area (Å²) in [5.74, 6) is -0.218. The number of furan rings is 1. The number of nitrogens with one attached hydrogen (secondary N) is 1. The molecule has 0 fully saturated rings. The van der Waals surface area contributed by atoms with Crippen LogP contribution in [-0.4, -0.2) is 40.7 Å². The molecule has 0 saturated carbocycles. The highest BCUT2D eigenvalue weighted by Gasteiger charge is 2.21. The monoisotopic (exact) mass is 354 g/mol. The van der Waals surface area contributed by atoms with Crippen LogP contribution in [-0.2, 0) is 0 Å². The van der Waals surface area contributed by atoms with Crippen LogP contribution in [0.15, 0.2) is 41.1 Å². The number of anilines is 2. The van der Waals surface area contributed by atoms with E-state index >= 15 is 0 Å². The SMILES string of the molecule is CCN(CCCNc1ncnc2oc(C)c(C(=O)O)c12)c1ccccc1. The minimum atomic E-state index is -1.04. The van der Waals surface area contributed by atoms with Gasteiger partial charge >= 0.3 is 5.97 Å². The van der Waals surface area contributed by atoms with Gasteiger partial charge in [-0.3, -0.25) is 0 Å². The topological polar surface area (TPSA) is 91.5 Å². The first-order valence-electron chi connectivity index (χ1n) is 8.63. The molecule has 0 unspecified atom stereocenters. The number of aryl methyl sites for hydroxylation is 1. The molecule has 0 bridgehead atoms. The molecule has 0 saturated heterocycles. The average molecular weight is 354 g/mol. The van der Waals surface area contributed by atoms with E-state index in [1.165, 1.54) is 12.0 Å². The van der Waals surface area contributed by atoms with Crippen molar-refractivity contribution in [1.29, 1.82) is 0 Å². The highest BCUT2D eigenvalue weighted by molar-refractivity contribution is 6.06. The molecule has 0 aliphatic carbocycles. The zero-order valence-corrected chi connectivity index (χ0v) is 14.9. The fourth-order valence-electron chi connectivity index (χ4n) is 3.02. The standard InChI is InChI=1S/C19H22N4O3/c1-3-23(14-8-5-4-6-9-14)11-7-10-20-17-16-15(19(24)25)13(2)26-18(16)22-12-21-17/h4-6,8-9,12H,3,7,10-11H2,1-2H3,(H,24,25)(H,20,21,22). The number of aromatic carboxylic acids is 1. The second kappa shape index (κ2) is 7.86. The summed E-state index contributed by atoms with van der Waals surface area (Å²) in [6.45, 7) is 6.22. The van der Waals surface area contributed by atoms with Crippen molar-refractivity contribution in [3.63, 3.8) is 0 Å². The Morgan fingerprint density at radius 1 is 1.27 bits per heavy atom. The van der Waals surface area contributed by atoms with Crippen molar-refractivity contribution >= 4 is 28.6 Å². The Labute approximate surface area is 151 Å². The normalized spacial score (nSPS) is 10.8. The molecule has 1 aromatic carbocycles. The lowest BCUT2D eigenvalue weighted by molar-refractivity contribution is 0.0697. The van der Waals surface area contributed by atoms with Gasteiger partial charge in [-0.2, -0.15) is 0 Å². The van der Waals surface area contributed by atoms with Crippen molar-refractivity contribution < 1.29 is 14.3 Å². The lowest BCUT2D eigenvalue weighted by Gasteiger charge is -2.23. The van der Waals surface area contributed by atoms with Crippen LogP contribution in [0.25, 0.3) is 11.1 Å². The van der Waals surface area contributed by atoms with Crippen molar-refractivity contribution in [2.24, 2.45) is 0 Å². The molecule has 26 heavy (non-hydrogen) atoms. The Kier molecular flexibility index (Phi) is 5.36. The van der Waals surface area contributed by atoms with Crippen molar-refractivity contribution in [3.8, 4) is 0 Å². The Hall–Kier alpha value is -3.09. The number of carbonyl (C=O) groups is 1. The maximum absolute atomic E-state index is 11.5. The molecule has 2 aromatic heterocycles. The van der Waals surface area contributed by atoms with Crippen LogP contribution < -0.4 is 10.2 Å². The molecule has 0 amide bonds. The number of hydrogen-bond donors (Lipinski definition) is 2. The number of rotatable bonds is 8. The van der Waals surface area contributed by atoms with Crippen LogP contribution in [0.4, 0.5) is 11.5 Å². The Morgan fingerprint density at radius 2 is 2.04 bits per heavy atom. The van der Waals surface area contributed by atoms with Gasteiger partial charge in [0, 0.05) is 25.3 Å². The van der Waals surface area contributed by atoms with E-state index in [4.69, 9.17) is 4.42 Å². The summed E-state index contributed by atoms with van der Waals surface area (Å²) < 4.78 is 5.44. The molecule has 0 aliphatic rings. The van der Waals surface area contributed by atoms with Crippen LogP contribution in [0.3, 0.4) is 0 Å². The molecule has 3 rings (SSSR count). The van der Waals surface area contributed by atoms with Crippen molar-refractivity contribution in [3.05, 3.63) is 48.0 Å². The van der Waals surface area contributed by atoms with Gasteiger partial charge in [0.25, 0.3) is 0 Å². The molecule has 7 nitrogen and oxygen atoms in total. The van der Waals surface area contributed by atoms with Crippen LogP contribution in [0.2, 0.25) is 0 Å². The zero-order chi connectivity index (χ0) is 18.5. The largest absolute Gasteiger partial charge is 0.478 e. The van der Waals surface area contributed by atoms with Gasteiger partial charge in [-0.25, -0.2) is 14.8 Å². The summed E-state index contributed by atoms with van der Waals surface area (Å²) in [6, 6.07) is 10.3. The molecular formula is C19H22N4O3. The molecule has 0 radical (unpaired) electrons. The molecule has 136 valence electrons. The van der Waals surface area contributed by atoms with E-state index in [1.807, 2.05) is 18.2 Å². The summed E-state index contributed by atoms with van der Waals surface area (Å²) in [5.41, 5.74) is 1.59. The van der Waals surface area contributed by atoms with E-state index in [0.717, 1.165) is 19.5 Å². The lowest BCUT2D eigenvalue weighted by atomic mass is 10.2. The first-order valence-corrected chi connectivity index (χ1v) is 8.63. The number of fused-ring (bicyclic) bond motifs is 1. The van der Waals surface area contributed by atoms with E-state index in [1.54, 1.807) is 6.92 Å². The molecule has 2 heterocycles. The number of aromatic nitrogens is 2. The van der Waals surface area contributed by atoms with E-state index in [2.05, 4.69) is 39.2 Å². The average Bonchev–Trinajstić information content (AvgIpc) is 2.99. The van der Waals surface area contributed by atoms with Gasteiger partial charge in [0.15, 0.2) is 0 Å². The van der Waals surface area contributed by atoms with E-state index in [-0.39, 0.29) is 11.3 Å². The molecule has 7 heteroatoms.